The molecule has 1 saturated carbocycles. The molecule has 19 heavy (non-hydrogen) atoms. The van der Waals surface area contributed by atoms with Crippen LogP contribution in [0.5, 0.6) is 11.5 Å². The fourth-order valence-corrected chi connectivity index (χ4v) is 2.37. The zero-order chi connectivity index (χ0) is 13.8. The van der Waals surface area contributed by atoms with Crippen LogP contribution in [0.25, 0.3) is 0 Å². The third kappa shape index (κ3) is 3.36. The van der Waals surface area contributed by atoms with E-state index < -0.39 is 0 Å². The maximum absolute atomic E-state index is 11.8. The SMILES string of the molecule is Cc1c(OCC(=O)NC2CCCC2)c(O)cc[n+]1C. The number of carbonyl (C=O) groups excluding carboxylic acids is 1. The first-order valence-electron chi connectivity index (χ1n) is 6.68. The Bertz CT molecular complexity index is 468. The lowest BCUT2D eigenvalue weighted by atomic mass is 10.2. The van der Waals surface area contributed by atoms with Crippen LogP contribution in [0.1, 0.15) is 31.4 Å². The van der Waals surface area contributed by atoms with Crippen molar-refractivity contribution in [2.75, 3.05) is 6.61 Å². The average Bonchev–Trinajstić information content (AvgIpc) is 2.87. The van der Waals surface area contributed by atoms with Gasteiger partial charge in [0.15, 0.2) is 18.6 Å². The molecule has 0 atom stereocenters. The summed E-state index contributed by atoms with van der Waals surface area (Å²) in [6.07, 6.45) is 6.21. The van der Waals surface area contributed by atoms with Gasteiger partial charge >= 0.3 is 0 Å². The lowest BCUT2D eigenvalue weighted by molar-refractivity contribution is -0.678. The minimum absolute atomic E-state index is 0.0595. The molecule has 1 aromatic rings. The number of carbonyl (C=O) groups is 1. The van der Waals surface area contributed by atoms with Gasteiger partial charge in [-0.1, -0.05) is 12.8 Å². The highest BCUT2D eigenvalue weighted by Crippen LogP contribution is 2.26. The van der Waals surface area contributed by atoms with Gasteiger partial charge in [-0.2, -0.15) is 0 Å². The van der Waals surface area contributed by atoms with Crippen LogP contribution < -0.4 is 14.6 Å². The van der Waals surface area contributed by atoms with Gasteiger partial charge in [0.1, 0.15) is 7.05 Å². The molecule has 1 aliphatic rings. The number of aromatic nitrogens is 1. The van der Waals surface area contributed by atoms with E-state index >= 15 is 0 Å². The van der Waals surface area contributed by atoms with E-state index in [0.717, 1.165) is 18.5 Å². The Morgan fingerprint density at radius 3 is 2.89 bits per heavy atom. The number of nitrogens with one attached hydrogen (secondary N) is 1. The van der Waals surface area contributed by atoms with Crippen molar-refractivity contribution < 1.29 is 19.2 Å². The smallest absolute Gasteiger partial charge is 0.258 e. The van der Waals surface area contributed by atoms with Crippen molar-refractivity contribution >= 4 is 5.91 Å². The van der Waals surface area contributed by atoms with Crippen LogP contribution in [0.4, 0.5) is 0 Å². The molecule has 0 spiro atoms. The summed E-state index contributed by atoms with van der Waals surface area (Å²) < 4.78 is 7.27. The number of pyridine rings is 1. The zero-order valence-electron chi connectivity index (χ0n) is 11.5. The van der Waals surface area contributed by atoms with Gasteiger partial charge < -0.3 is 15.2 Å². The second-order valence-corrected chi connectivity index (χ2v) is 5.06. The molecule has 0 saturated heterocycles. The Labute approximate surface area is 113 Å². The van der Waals surface area contributed by atoms with Gasteiger partial charge in [0, 0.05) is 19.0 Å². The molecule has 1 aliphatic carbocycles. The zero-order valence-corrected chi connectivity index (χ0v) is 11.5. The summed E-state index contributed by atoms with van der Waals surface area (Å²) in [4.78, 5) is 11.8. The highest BCUT2D eigenvalue weighted by molar-refractivity contribution is 5.78. The van der Waals surface area contributed by atoms with Crippen molar-refractivity contribution in [2.24, 2.45) is 7.05 Å². The molecule has 0 unspecified atom stereocenters. The minimum atomic E-state index is -0.128. The van der Waals surface area contributed by atoms with E-state index in [4.69, 9.17) is 4.74 Å². The molecule has 0 radical (unpaired) electrons. The summed E-state index contributed by atoms with van der Waals surface area (Å²) in [5.74, 6) is 0.299. The molecule has 1 fully saturated rings. The number of hydrogen-bond acceptors (Lipinski definition) is 3. The summed E-state index contributed by atoms with van der Waals surface area (Å²) in [6, 6.07) is 1.84. The van der Waals surface area contributed by atoms with Crippen LogP contribution in [0.2, 0.25) is 0 Å². The van der Waals surface area contributed by atoms with Crippen LogP contribution in [0.3, 0.4) is 0 Å². The standard InChI is InChI=1S/C14H20N2O3/c1-10-14(12(17)7-8-16(10)2)19-9-13(18)15-11-5-3-4-6-11/h7-8,11H,3-6,9H2,1-2H3,(H,15,18)/p+1. The molecule has 5 heteroatoms. The molecule has 1 heterocycles. The second kappa shape index (κ2) is 5.91. The summed E-state index contributed by atoms with van der Waals surface area (Å²) in [5, 5.41) is 12.7. The lowest BCUT2D eigenvalue weighted by Crippen LogP contribution is -2.37. The Kier molecular flexibility index (Phi) is 4.24. The van der Waals surface area contributed by atoms with E-state index in [9.17, 15) is 9.90 Å². The fraction of sp³-hybridized carbons (Fsp3) is 0.571. The van der Waals surface area contributed by atoms with E-state index in [0.29, 0.717) is 5.75 Å². The maximum atomic E-state index is 11.8. The van der Waals surface area contributed by atoms with Crippen molar-refractivity contribution in [2.45, 2.75) is 38.6 Å². The Morgan fingerprint density at radius 2 is 2.21 bits per heavy atom. The van der Waals surface area contributed by atoms with Gasteiger partial charge in [0.25, 0.3) is 5.91 Å². The largest absolute Gasteiger partial charge is 0.504 e. The molecule has 5 nitrogen and oxygen atoms in total. The van der Waals surface area contributed by atoms with Gasteiger partial charge in [-0.3, -0.25) is 4.79 Å². The number of aryl methyl sites for hydroxylation is 1. The fourth-order valence-electron chi connectivity index (χ4n) is 2.37. The van der Waals surface area contributed by atoms with Crippen LogP contribution >= 0.6 is 0 Å². The highest BCUT2D eigenvalue weighted by atomic mass is 16.5. The summed E-state index contributed by atoms with van der Waals surface area (Å²) in [7, 11) is 1.86. The quantitative estimate of drug-likeness (QED) is 0.797. The first kappa shape index (κ1) is 13.6. The van der Waals surface area contributed by atoms with E-state index in [-0.39, 0.29) is 24.3 Å². The third-order valence-electron chi connectivity index (χ3n) is 3.61. The molecule has 2 N–H and O–H groups in total. The maximum Gasteiger partial charge on any atom is 0.258 e. The van der Waals surface area contributed by atoms with Gasteiger partial charge in [0.2, 0.25) is 11.4 Å². The summed E-state index contributed by atoms with van der Waals surface area (Å²) >= 11 is 0. The van der Waals surface area contributed by atoms with E-state index in [1.807, 2.05) is 18.5 Å². The molecule has 0 aliphatic heterocycles. The Balaban J connectivity index is 1.91. The molecular formula is C14H21N2O3+. The molecule has 104 valence electrons. The predicted octanol–water partition coefficient (Wildman–Crippen LogP) is 0.963. The van der Waals surface area contributed by atoms with E-state index in [1.54, 1.807) is 12.3 Å². The van der Waals surface area contributed by atoms with Gasteiger partial charge in [-0.05, 0) is 12.8 Å². The van der Waals surface area contributed by atoms with Gasteiger partial charge in [-0.25, -0.2) is 4.57 Å². The highest BCUT2D eigenvalue weighted by Gasteiger charge is 2.19. The number of hydrogen-bond donors (Lipinski definition) is 2. The lowest BCUT2D eigenvalue weighted by Gasteiger charge is -2.13. The van der Waals surface area contributed by atoms with E-state index in [1.165, 1.54) is 12.8 Å². The van der Waals surface area contributed by atoms with Crippen molar-refractivity contribution in [3.63, 3.8) is 0 Å². The van der Waals surface area contributed by atoms with Crippen LogP contribution in [0.15, 0.2) is 12.3 Å². The average molecular weight is 265 g/mol. The topological polar surface area (TPSA) is 62.4 Å². The number of ether oxygens (including phenoxy) is 1. The monoisotopic (exact) mass is 265 g/mol. The van der Waals surface area contributed by atoms with Gasteiger partial charge in [-0.15, -0.1) is 0 Å². The van der Waals surface area contributed by atoms with Crippen LogP contribution in [0, 0.1) is 6.92 Å². The third-order valence-corrected chi connectivity index (χ3v) is 3.61. The molecule has 0 bridgehead atoms. The second-order valence-electron chi connectivity index (χ2n) is 5.06. The van der Waals surface area contributed by atoms with Crippen molar-refractivity contribution in [1.29, 1.82) is 0 Å². The number of amides is 1. The molecule has 1 amide bonds. The minimum Gasteiger partial charge on any atom is -0.504 e. The summed E-state index contributed by atoms with van der Waals surface area (Å²) in [6.45, 7) is 1.78. The molecule has 2 rings (SSSR count). The molecular weight excluding hydrogens is 244 g/mol. The molecule has 1 aromatic heterocycles. The number of rotatable bonds is 4. The van der Waals surface area contributed by atoms with Crippen molar-refractivity contribution in [3.05, 3.63) is 18.0 Å². The normalized spacial score (nSPS) is 15.5. The van der Waals surface area contributed by atoms with Crippen LogP contribution in [-0.2, 0) is 11.8 Å². The first-order valence-corrected chi connectivity index (χ1v) is 6.68. The van der Waals surface area contributed by atoms with Crippen LogP contribution in [-0.4, -0.2) is 23.7 Å². The van der Waals surface area contributed by atoms with Crippen molar-refractivity contribution in [1.82, 2.24) is 5.32 Å². The Morgan fingerprint density at radius 1 is 1.53 bits per heavy atom. The first-order chi connectivity index (χ1) is 9.08. The molecule has 0 aromatic carbocycles. The predicted molar refractivity (Wildman–Crippen MR) is 69.9 cm³/mol. The van der Waals surface area contributed by atoms with E-state index in [2.05, 4.69) is 5.32 Å². The summed E-state index contributed by atoms with van der Waals surface area (Å²) in [5.41, 5.74) is 0.786. The van der Waals surface area contributed by atoms with Gasteiger partial charge in [0.05, 0.1) is 0 Å². The van der Waals surface area contributed by atoms with Crippen molar-refractivity contribution in [3.8, 4) is 11.5 Å². The Hall–Kier alpha value is -1.78. The number of nitrogens with zero attached hydrogens (tertiary/aromatic N) is 1. The number of aromatic hydroxyl groups is 1.